The van der Waals surface area contributed by atoms with Crippen molar-refractivity contribution in [1.29, 1.82) is 0 Å². The van der Waals surface area contributed by atoms with Gasteiger partial charge in [0.05, 0.1) is 12.0 Å². The van der Waals surface area contributed by atoms with Gasteiger partial charge in [-0.05, 0) is 24.6 Å². The average molecular weight is 533 g/mol. The molecular weight excluding hydrogens is 504 g/mol. The number of aliphatic hydroxyl groups is 2. The van der Waals surface area contributed by atoms with Crippen LogP contribution in [0.3, 0.4) is 0 Å². The molecule has 1 atom stereocenters. The Balaban J connectivity index is 1.32. The van der Waals surface area contributed by atoms with E-state index in [-0.39, 0.29) is 11.9 Å². The molecule has 4 aromatic rings. The van der Waals surface area contributed by atoms with Gasteiger partial charge in [0.15, 0.2) is 6.10 Å². The van der Waals surface area contributed by atoms with E-state index in [2.05, 4.69) is 19.9 Å². The van der Waals surface area contributed by atoms with Gasteiger partial charge in [0, 0.05) is 49.9 Å². The van der Waals surface area contributed by atoms with Crippen LogP contribution in [0.4, 0.5) is 11.8 Å². The van der Waals surface area contributed by atoms with Gasteiger partial charge >= 0.3 is 0 Å². The van der Waals surface area contributed by atoms with Crippen molar-refractivity contribution in [3.05, 3.63) is 65.3 Å². The van der Waals surface area contributed by atoms with Crippen molar-refractivity contribution in [2.24, 2.45) is 0 Å². The van der Waals surface area contributed by atoms with Crippen molar-refractivity contribution in [3.63, 3.8) is 0 Å². The third kappa shape index (κ3) is 5.08. The summed E-state index contributed by atoms with van der Waals surface area (Å²) in [5, 5.41) is 19.8. The normalized spacial score (nSPS) is 14.5. The number of carbonyl (C=O) groups excluding carboxylic acids is 2. The zero-order valence-electron chi connectivity index (χ0n) is 21.1. The first kappa shape index (κ1) is 25.7. The number of pyridine rings is 1. The molecule has 3 aromatic heterocycles. The van der Waals surface area contributed by atoms with Crippen LogP contribution in [0.1, 0.15) is 15.4 Å². The smallest absolute Gasteiger partial charge is 0.272 e. The van der Waals surface area contributed by atoms with Crippen molar-refractivity contribution in [2.45, 2.75) is 13.0 Å². The summed E-state index contributed by atoms with van der Waals surface area (Å²) >= 11 is 1.49. The van der Waals surface area contributed by atoms with Crippen molar-refractivity contribution in [2.75, 3.05) is 49.6 Å². The summed E-state index contributed by atoms with van der Waals surface area (Å²) < 4.78 is 0. The lowest BCUT2D eigenvalue weighted by Crippen LogP contribution is -2.49. The molecule has 0 radical (unpaired) electrons. The minimum atomic E-state index is -1.54. The number of aromatic nitrogens is 3. The van der Waals surface area contributed by atoms with Crippen LogP contribution in [-0.2, 0) is 4.79 Å². The molecule has 0 bridgehead atoms. The molecule has 10 nitrogen and oxygen atoms in total. The highest BCUT2D eigenvalue weighted by atomic mass is 32.1. The molecule has 2 amide bonds. The van der Waals surface area contributed by atoms with E-state index in [0.717, 1.165) is 31.1 Å². The van der Waals surface area contributed by atoms with Gasteiger partial charge in [0.25, 0.3) is 11.8 Å². The Labute approximate surface area is 223 Å². The average Bonchev–Trinajstić information content (AvgIpc) is 3.35. The van der Waals surface area contributed by atoms with Crippen molar-refractivity contribution in [1.82, 2.24) is 19.9 Å². The number of likely N-dealkylation sites (N-methyl/N-ethyl adjacent to an activating group) is 1. The van der Waals surface area contributed by atoms with E-state index >= 15 is 0 Å². The second-order valence-corrected chi connectivity index (χ2v) is 10.3. The number of nitrogens with zero attached hydrogens (tertiary/aromatic N) is 6. The van der Waals surface area contributed by atoms with Crippen molar-refractivity contribution < 1.29 is 19.8 Å². The molecular formula is C27H28N6O4S. The first-order valence-electron chi connectivity index (χ1n) is 12.3. The maximum Gasteiger partial charge on any atom is 0.272 e. The summed E-state index contributed by atoms with van der Waals surface area (Å²) in [6, 6.07) is 15.6. The molecule has 38 heavy (non-hydrogen) atoms. The van der Waals surface area contributed by atoms with E-state index in [0.29, 0.717) is 37.7 Å². The van der Waals surface area contributed by atoms with Crippen LogP contribution in [0.25, 0.3) is 21.3 Å². The standard InChI is InChI=1S/C27H28N6O4S/c1-17-14-20-23(29-27(30-24(20)38-17)31(2)26(37)22(35)16-34)32-10-12-33(13-11-32)25(36)21-9-8-19(15-28-21)18-6-4-3-5-7-18/h3-9,14-15,22,34-35H,10-13,16H2,1-2H3/t22-/m0/s1. The number of hydrogen-bond donors (Lipinski definition) is 2. The Kier molecular flexibility index (Phi) is 7.32. The number of aliphatic hydroxyl groups excluding tert-OH is 2. The Morgan fingerprint density at radius 3 is 2.45 bits per heavy atom. The fourth-order valence-corrected chi connectivity index (χ4v) is 5.28. The van der Waals surface area contributed by atoms with Crippen LogP contribution in [-0.4, -0.2) is 87.8 Å². The highest BCUT2D eigenvalue weighted by molar-refractivity contribution is 7.18. The lowest BCUT2D eigenvalue weighted by Gasteiger charge is -2.35. The van der Waals surface area contributed by atoms with Gasteiger partial charge in [-0.25, -0.2) is 4.98 Å². The molecule has 1 aliphatic rings. The zero-order valence-corrected chi connectivity index (χ0v) is 21.9. The first-order valence-corrected chi connectivity index (χ1v) is 13.1. The monoisotopic (exact) mass is 532 g/mol. The summed E-state index contributed by atoms with van der Waals surface area (Å²) in [6.45, 7) is 3.37. The largest absolute Gasteiger partial charge is 0.393 e. The predicted molar refractivity (Wildman–Crippen MR) is 146 cm³/mol. The number of aryl methyl sites for hydroxylation is 1. The van der Waals surface area contributed by atoms with Crippen molar-refractivity contribution >= 4 is 45.1 Å². The summed E-state index contributed by atoms with van der Waals surface area (Å²) in [5.74, 6) is 0.0118. The van der Waals surface area contributed by atoms with Gasteiger partial charge in [0.2, 0.25) is 5.95 Å². The van der Waals surface area contributed by atoms with E-state index in [4.69, 9.17) is 0 Å². The molecule has 0 aliphatic carbocycles. The molecule has 5 rings (SSSR count). The van der Waals surface area contributed by atoms with E-state index in [1.807, 2.05) is 49.4 Å². The van der Waals surface area contributed by atoms with E-state index < -0.39 is 18.6 Å². The molecule has 0 unspecified atom stereocenters. The molecule has 0 saturated carbocycles. The third-order valence-corrected chi connectivity index (χ3v) is 7.47. The summed E-state index contributed by atoms with van der Waals surface area (Å²) in [4.78, 5) is 46.0. The molecule has 1 aliphatic heterocycles. The molecule has 1 aromatic carbocycles. The van der Waals surface area contributed by atoms with Gasteiger partial charge in [-0.1, -0.05) is 36.4 Å². The Morgan fingerprint density at radius 1 is 1.05 bits per heavy atom. The Morgan fingerprint density at radius 2 is 1.79 bits per heavy atom. The minimum Gasteiger partial charge on any atom is -0.393 e. The number of anilines is 2. The van der Waals surface area contributed by atoms with Gasteiger partial charge in [-0.15, -0.1) is 11.3 Å². The lowest BCUT2D eigenvalue weighted by atomic mass is 10.1. The number of carbonyl (C=O) groups is 2. The van der Waals surface area contributed by atoms with Gasteiger partial charge in [-0.2, -0.15) is 4.98 Å². The maximum atomic E-state index is 13.1. The molecule has 4 heterocycles. The fraction of sp³-hybridized carbons (Fsp3) is 0.296. The lowest BCUT2D eigenvalue weighted by molar-refractivity contribution is -0.128. The Hall–Kier alpha value is -3.93. The first-order chi connectivity index (χ1) is 18.4. The number of piperazine rings is 1. The molecule has 1 saturated heterocycles. The molecule has 1 fully saturated rings. The SMILES string of the molecule is Cc1cc2c(N3CCN(C(=O)c4ccc(-c5ccccc5)cn4)CC3)nc(N(C)C(=O)[C@@H](O)CO)nc2s1. The highest BCUT2D eigenvalue weighted by Gasteiger charge is 2.28. The van der Waals surface area contributed by atoms with Gasteiger partial charge in [-0.3, -0.25) is 19.5 Å². The quantitative estimate of drug-likeness (QED) is 0.388. The van der Waals surface area contributed by atoms with E-state index in [1.54, 1.807) is 17.2 Å². The summed E-state index contributed by atoms with van der Waals surface area (Å²) in [5.41, 5.74) is 2.41. The highest BCUT2D eigenvalue weighted by Crippen LogP contribution is 2.33. The predicted octanol–water partition coefficient (Wildman–Crippen LogP) is 2.34. The third-order valence-electron chi connectivity index (χ3n) is 6.53. The molecule has 11 heteroatoms. The molecule has 2 N–H and O–H groups in total. The van der Waals surface area contributed by atoms with Gasteiger partial charge in [0.1, 0.15) is 16.3 Å². The summed E-state index contributed by atoms with van der Waals surface area (Å²) in [7, 11) is 1.47. The minimum absolute atomic E-state index is 0.118. The number of fused-ring (bicyclic) bond motifs is 1. The van der Waals surface area contributed by atoms with E-state index in [9.17, 15) is 19.8 Å². The van der Waals surface area contributed by atoms with Crippen LogP contribution in [0.5, 0.6) is 0 Å². The number of benzene rings is 1. The number of hydrogen-bond acceptors (Lipinski definition) is 9. The van der Waals surface area contributed by atoms with Crippen LogP contribution >= 0.6 is 11.3 Å². The van der Waals surface area contributed by atoms with Crippen molar-refractivity contribution in [3.8, 4) is 11.1 Å². The van der Waals surface area contributed by atoms with Crippen LogP contribution in [0.15, 0.2) is 54.7 Å². The fourth-order valence-electron chi connectivity index (χ4n) is 4.41. The zero-order chi connectivity index (χ0) is 26.8. The van der Waals surface area contributed by atoms with Crippen LogP contribution in [0, 0.1) is 6.92 Å². The number of thiophene rings is 1. The summed E-state index contributed by atoms with van der Waals surface area (Å²) in [6.07, 6.45) is 0.181. The second-order valence-electron chi connectivity index (χ2n) is 9.10. The number of rotatable bonds is 6. The van der Waals surface area contributed by atoms with Crippen LogP contribution < -0.4 is 9.80 Å². The van der Waals surface area contributed by atoms with Gasteiger partial charge < -0.3 is 20.0 Å². The van der Waals surface area contributed by atoms with Crippen LogP contribution in [0.2, 0.25) is 0 Å². The number of amides is 2. The maximum absolute atomic E-state index is 13.1. The van der Waals surface area contributed by atoms with E-state index in [1.165, 1.54) is 18.4 Å². The topological polar surface area (TPSA) is 123 Å². The second kappa shape index (κ2) is 10.8. The molecule has 196 valence electrons. The molecule has 0 spiro atoms. The Bertz CT molecular complexity index is 1450.